The lowest BCUT2D eigenvalue weighted by molar-refractivity contribution is -0.384. The number of esters is 1. The fourth-order valence-electron chi connectivity index (χ4n) is 2.41. The third kappa shape index (κ3) is 5.29. The molecule has 0 saturated carbocycles. The molecule has 2 aromatic carbocycles. The van der Waals surface area contributed by atoms with Gasteiger partial charge in [-0.05, 0) is 29.2 Å². The fourth-order valence-corrected chi connectivity index (χ4v) is 2.41. The second-order valence-corrected chi connectivity index (χ2v) is 7.09. The summed E-state index contributed by atoms with van der Waals surface area (Å²) < 4.78 is 10.1. The largest absolute Gasteiger partial charge is 0.495 e. The van der Waals surface area contributed by atoms with E-state index in [9.17, 15) is 19.7 Å². The van der Waals surface area contributed by atoms with Gasteiger partial charge in [-0.3, -0.25) is 14.9 Å². The van der Waals surface area contributed by atoms with Crippen molar-refractivity contribution >= 4 is 23.3 Å². The SMILES string of the molecule is COc1ccc([N+](=O)[O-])cc1NC(=O)COC(=O)c1ccc(C(C)(C)C)cc1. The summed E-state index contributed by atoms with van der Waals surface area (Å²) in [7, 11) is 1.37. The second kappa shape index (κ2) is 8.51. The van der Waals surface area contributed by atoms with E-state index in [2.05, 4.69) is 26.1 Å². The molecule has 1 N–H and O–H groups in total. The minimum atomic E-state index is -0.640. The monoisotopic (exact) mass is 386 g/mol. The van der Waals surface area contributed by atoms with Gasteiger partial charge in [-0.15, -0.1) is 0 Å². The van der Waals surface area contributed by atoms with Gasteiger partial charge in [0.15, 0.2) is 6.61 Å². The smallest absolute Gasteiger partial charge is 0.338 e. The summed E-state index contributed by atoms with van der Waals surface area (Å²) in [4.78, 5) is 34.5. The van der Waals surface area contributed by atoms with Crippen LogP contribution in [0.2, 0.25) is 0 Å². The van der Waals surface area contributed by atoms with Crippen LogP contribution in [0.1, 0.15) is 36.7 Å². The molecule has 2 rings (SSSR count). The molecule has 8 heteroatoms. The summed E-state index contributed by atoms with van der Waals surface area (Å²) in [6, 6.07) is 10.8. The Morgan fingerprint density at radius 1 is 1.11 bits per heavy atom. The van der Waals surface area contributed by atoms with Crippen molar-refractivity contribution < 1.29 is 24.0 Å². The van der Waals surface area contributed by atoms with Crippen LogP contribution in [0.25, 0.3) is 0 Å². The Balaban J connectivity index is 2.00. The molecule has 0 aliphatic carbocycles. The lowest BCUT2D eigenvalue weighted by atomic mass is 9.87. The number of amides is 1. The highest BCUT2D eigenvalue weighted by Gasteiger charge is 2.17. The third-order valence-electron chi connectivity index (χ3n) is 3.99. The predicted molar refractivity (Wildman–Crippen MR) is 104 cm³/mol. The number of carbonyl (C=O) groups excluding carboxylic acids is 2. The number of ether oxygens (including phenoxy) is 2. The molecule has 148 valence electrons. The molecule has 0 aliphatic rings. The zero-order valence-electron chi connectivity index (χ0n) is 16.1. The number of nitro benzene ring substituents is 1. The number of hydrogen-bond donors (Lipinski definition) is 1. The summed E-state index contributed by atoms with van der Waals surface area (Å²) in [5.41, 5.74) is 1.27. The maximum Gasteiger partial charge on any atom is 0.338 e. The average Bonchev–Trinajstić information content (AvgIpc) is 2.65. The van der Waals surface area contributed by atoms with Crippen LogP contribution >= 0.6 is 0 Å². The standard InChI is InChI=1S/C20H22N2O6/c1-20(2,3)14-7-5-13(6-8-14)19(24)28-12-18(23)21-16-11-15(22(25)26)9-10-17(16)27-4/h5-11H,12H2,1-4H3,(H,21,23). The second-order valence-electron chi connectivity index (χ2n) is 7.09. The van der Waals surface area contributed by atoms with Crippen LogP contribution in [-0.2, 0) is 14.9 Å². The van der Waals surface area contributed by atoms with Crippen molar-refractivity contribution in [2.45, 2.75) is 26.2 Å². The zero-order chi connectivity index (χ0) is 20.9. The topological polar surface area (TPSA) is 108 Å². The number of nitrogens with one attached hydrogen (secondary N) is 1. The van der Waals surface area contributed by atoms with Gasteiger partial charge in [-0.25, -0.2) is 4.79 Å². The van der Waals surface area contributed by atoms with Gasteiger partial charge in [0.1, 0.15) is 5.75 Å². The van der Waals surface area contributed by atoms with E-state index >= 15 is 0 Å². The molecular formula is C20H22N2O6. The van der Waals surface area contributed by atoms with Crippen LogP contribution in [0, 0.1) is 10.1 Å². The molecule has 0 saturated heterocycles. The summed E-state index contributed by atoms with van der Waals surface area (Å²) in [6.45, 7) is 5.65. The lowest BCUT2D eigenvalue weighted by Crippen LogP contribution is -2.21. The van der Waals surface area contributed by atoms with Crippen molar-refractivity contribution in [1.29, 1.82) is 0 Å². The molecule has 1 amide bonds. The molecule has 8 nitrogen and oxygen atoms in total. The van der Waals surface area contributed by atoms with E-state index < -0.39 is 23.4 Å². The quantitative estimate of drug-likeness (QED) is 0.461. The highest BCUT2D eigenvalue weighted by Crippen LogP contribution is 2.28. The molecule has 28 heavy (non-hydrogen) atoms. The van der Waals surface area contributed by atoms with Crippen LogP contribution < -0.4 is 10.1 Å². The molecule has 0 heterocycles. The Morgan fingerprint density at radius 2 is 1.75 bits per heavy atom. The van der Waals surface area contributed by atoms with Crippen molar-refractivity contribution in [1.82, 2.24) is 0 Å². The number of nitrogens with zero attached hydrogens (tertiary/aromatic N) is 1. The van der Waals surface area contributed by atoms with Crippen LogP contribution in [-0.4, -0.2) is 30.5 Å². The molecule has 0 aliphatic heterocycles. The van der Waals surface area contributed by atoms with Crippen LogP contribution in [0.15, 0.2) is 42.5 Å². The highest BCUT2D eigenvalue weighted by atomic mass is 16.6. The molecule has 0 aromatic heterocycles. The van der Waals surface area contributed by atoms with Gasteiger partial charge in [0, 0.05) is 12.1 Å². The van der Waals surface area contributed by atoms with Crippen molar-refractivity contribution in [2.75, 3.05) is 19.0 Å². The Morgan fingerprint density at radius 3 is 2.29 bits per heavy atom. The van der Waals surface area contributed by atoms with Gasteiger partial charge < -0.3 is 14.8 Å². The summed E-state index contributed by atoms with van der Waals surface area (Å²) in [5.74, 6) is -1.02. The number of nitro groups is 1. The first-order chi connectivity index (χ1) is 13.1. The first-order valence-electron chi connectivity index (χ1n) is 8.52. The first-order valence-corrected chi connectivity index (χ1v) is 8.52. The summed E-state index contributed by atoms with van der Waals surface area (Å²) in [6.07, 6.45) is 0. The summed E-state index contributed by atoms with van der Waals surface area (Å²) >= 11 is 0. The van der Waals surface area contributed by atoms with E-state index in [4.69, 9.17) is 9.47 Å². The summed E-state index contributed by atoms with van der Waals surface area (Å²) in [5, 5.41) is 13.3. The lowest BCUT2D eigenvalue weighted by Gasteiger charge is -2.18. The average molecular weight is 386 g/mol. The maximum absolute atomic E-state index is 12.1. The number of anilines is 1. The van der Waals surface area contributed by atoms with E-state index in [0.29, 0.717) is 5.56 Å². The number of methoxy groups -OCH3 is 1. The van der Waals surface area contributed by atoms with Gasteiger partial charge in [-0.1, -0.05) is 32.9 Å². The number of carbonyl (C=O) groups is 2. The molecule has 0 atom stereocenters. The first kappa shape index (κ1) is 20.9. The highest BCUT2D eigenvalue weighted by molar-refractivity contribution is 5.96. The third-order valence-corrected chi connectivity index (χ3v) is 3.99. The van der Waals surface area contributed by atoms with Crippen LogP contribution in [0.3, 0.4) is 0 Å². The maximum atomic E-state index is 12.1. The molecule has 0 spiro atoms. The predicted octanol–water partition coefficient (Wildman–Crippen LogP) is 3.70. The van der Waals surface area contributed by atoms with Crippen molar-refractivity contribution in [3.8, 4) is 5.75 Å². The van der Waals surface area contributed by atoms with E-state index in [1.807, 2.05) is 12.1 Å². The molecule has 0 fully saturated rings. The minimum Gasteiger partial charge on any atom is -0.495 e. The number of benzene rings is 2. The van der Waals surface area contributed by atoms with E-state index in [1.165, 1.54) is 25.3 Å². The minimum absolute atomic E-state index is 0.0420. The normalized spacial score (nSPS) is 10.9. The van der Waals surface area contributed by atoms with Crippen molar-refractivity contribution in [3.05, 3.63) is 63.7 Å². The Bertz CT molecular complexity index is 885. The van der Waals surface area contributed by atoms with Crippen LogP contribution in [0.4, 0.5) is 11.4 Å². The van der Waals surface area contributed by atoms with Gasteiger partial charge in [0.05, 0.1) is 23.3 Å². The molecule has 0 unspecified atom stereocenters. The molecule has 0 bridgehead atoms. The van der Waals surface area contributed by atoms with E-state index in [-0.39, 0.29) is 22.5 Å². The van der Waals surface area contributed by atoms with Crippen LogP contribution in [0.5, 0.6) is 5.75 Å². The van der Waals surface area contributed by atoms with E-state index in [1.54, 1.807) is 12.1 Å². The Hall–Kier alpha value is -3.42. The number of hydrogen-bond acceptors (Lipinski definition) is 6. The van der Waals surface area contributed by atoms with Gasteiger partial charge in [-0.2, -0.15) is 0 Å². The zero-order valence-corrected chi connectivity index (χ0v) is 16.1. The van der Waals surface area contributed by atoms with Gasteiger partial charge >= 0.3 is 5.97 Å². The van der Waals surface area contributed by atoms with Gasteiger partial charge in [0.2, 0.25) is 0 Å². The molecule has 2 aromatic rings. The van der Waals surface area contributed by atoms with Crippen molar-refractivity contribution in [2.24, 2.45) is 0 Å². The Labute approximate surface area is 162 Å². The number of non-ortho nitro benzene ring substituents is 1. The van der Waals surface area contributed by atoms with Crippen molar-refractivity contribution in [3.63, 3.8) is 0 Å². The number of rotatable bonds is 6. The fraction of sp³-hybridized carbons (Fsp3) is 0.300. The van der Waals surface area contributed by atoms with Gasteiger partial charge in [0.25, 0.3) is 11.6 Å². The molecule has 0 radical (unpaired) electrons. The van der Waals surface area contributed by atoms with E-state index in [0.717, 1.165) is 5.56 Å². The molecular weight excluding hydrogens is 364 g/mol. The Kier molecular flexibility index (Phi) is 6.35.